The zero-order valence-corrected chi connectivity index (χ0v) is 21.5. The molecule has 0 aliphatic rings. The molecule has 0 radical (unpaired) electrons. The molecule has 35 heavy (non-hydrogen) atoms. The number of rotatable bonds is 10. The molecule has 0 fully saturated rings. The lowest BCUT2D eigenvalue weighted by molar-refractivity contribution is -0.123. The molecule has 1 unspecified atom stereocenters. The lowest BCUT2D eigenvalue weighted by Gasteiger charge is -2.18. The summed E-state index contributed by atoms with van der Waals surface area (Å²) in [5.74, 6) is 0.804. The summed E-state index contributed by atoms with van der Waals surface area (Å²) in [5.41, 5.74) is 5.01. The van der Waals surface area contributed by atoms with Gasteiger partial charge in [0, 0.05) is 5.69 Å². The van der Waals surface area contributed by atoms with Gasteiger partial charge in [-0.25, -0.2) is 8.42 Å². The standard InChI is InChI=1S/C27H32N2O5S/c1-6-33-23-9-7-22(8-10-23)29-35(31,32)25-13-11-24(12-14-25)34-17-27(30)28-21(5)26-16-19(3)18(2)15-20(26)4/h7-16,21,29H,6,17H2,1-5H3,(H,28,30). The van der Waals surface area contributed by atoms with E-state index in [1.54, 1.807) is 24.3 Å². The fourth-order valence-electron chi connectivity index (χ4n) is 3.67. The smallest absolute Gasteiger partial charge is 0.261 e. The number of aryl methyl sites for hydroxylation is 3. The Morgan fingerprint density at radius 2 is 1.43 bits per heavy atom. The molecular formula is C27H32N2O5S. The van der Waals surface area contributed by atoms with Crippen molar-refractivity contribution >= 4 is 21.6 Å². The van der Waals surface area contributed by atoms with Gasteiger partial charge in [0.2, 0.25) is 0 Å². The number of carbonyl (C=O) groups is 1. The highest BCUT2D eigenvalue weighted by molar-refractivity contribution is 7.92. The number of amides is 1. The van der Waals surface area contributed by atoms with E-state index in [9.17, 15) is 13.2 Å². The first-order valence-corrected chi connectivity index (χ1v) is 12.9. The minimum Gasteiger partial charge on any atom is -0.494 e. The summed E-state index contributed by atoms with van der Waals surface area (Å²) in [7, 11) is -3.77. The number of hydrogen-bond acceptors (Lipinski definition) is 5. The summed E-state index contributed by atoms with van der Waals surface area (Å²) >= 11 is 0. The Kier molecular flexibility index (Phi) is 8.40. The van der Waals surface area contributed by atoms with E-state index in [1.807, 2.05) is 27.7 Å². The number of ether oxygens (including phenoxy) is 2. The van der Waals surface area contributed by atoms with E-state index in [4.69, 9.17) is 9.47 Å². The Hall–Kier alpha value is -3.52. The topological polar surface area (TPSA) is 93.7 Å². The van der Waals surface area contributed by atoms with Gasteiger partial charge in [-0.15, -0.1) is 0 Å². The summed E-state index contributed by atoms with van der Waals surface area (Å²) in [6.07, 6.45) is 0. The molecule has 1 amide bonds. The Morgan fingerprint density at radius 3 is 2.06 bits per heavy atom. The minimum absolute atomic E-state index is 0.0852. The fourth-order valence-corrected chi connectivity index (χ4v) is 4.73. The highest BCUT2D eigenvalue weighted by Gasteiger charge is 2.16. The summed E-state index contributed by atoms with van der Waals surface area (Å²) < 4.78 is 38.8. The van der Waals surface area contributed by atoms with Crippen LogP contribution in [0.2, 0.25) is 0 Å². The molecule has 1 atom stereocenters. The Balaban J connectivity index is 1.56. The number of sulfonamides is 1. The predicted molar refractivity (Wildman–Crippen MR) is 138 cm³/mol. The van der Waals surface area contributed by atoms with Crippen LogP contribution in [0.5, 0.6) is 11.5 Å². The van der Waals surface area contributed by atoms with Gasteiger partial charge in [-0.05, 0) is 105 Å². The first-order valence-electron chi connectivity index (χ1n) is 11.4. The van der Waals surface area contributed by atoms with Crippen molar-refractivity contribution in [1.29, 1.82) is 0 Å². The molecule has 2 N–H and O–H groups in total. The van der Waals surface area contributed by atoms with Crippen molar-refractivity contribution in [2.45, 2.75) is 45.6 Å². The highest BCUT2D eigenvalue weighted by Crippen LogP contribution is 2.23. The molecule has 0 aliphatic heterocycles. The SMILES string of the molecule is CCOc1ccc(NS(=O)(=O)c2ccc(OCC(=O)NC(C)c3cc(C)c(C)cc3C)cc2)cc1. The molecule has 0 bridgehead atoms. The monoisotopic (exact) mass is 496 g/mol. The fraction of sp³-hybridized carbons (Fsp3) is 0.296. The lowest BCUT2D eigenvalue weighted by atomic mass is 9.96. The lowest BCUT2D eigenvalue weighted by Crippen LogP contribution is -2.31. The molecular weight excluding hydrogens is 464 g/mol. The second-order valence-electron chi connectivity index (χ2n) is 8.41. The maximum Gasteiger partial charge on any atom is 0.261 e. The van der Waals surface area contributed by atoms with Gasteiger partial charge in [0.05, 0.1) is 17.5 Å². The normalized spacial score (nSPS) is 12.0. The molecule has 0 heterocycles. The van der Waals surface area contributed by atoms with E-state index >= 15 is 0 Å². The second kappa shape index (κ2) is 11.3. The van der Waals surface area contributed by atoms with E-state index in [0.717, 1.165) is 11.1 Å². The number of hydrogen-bond donors (Lipinski definition) is 2. The van der Waals surface area contributed by atoms with Crippen molar-refractivity contribution in [3.63, 3.8) is 0 Å². The Labute approximate surface area is 207 Å². The molecule has 0 aromatic heterocycles. The molecule has 3 aromatic carbocycles. The molecule has 186 valence electrons. The van der Waals surface area contributed by atoms with Gasteiger partial charge in [0.25, 0.3) is 15.9 Å². The maximum absolute atomic E-state index is 12.7. The molecule has 0 saturated carbocycles. The minimum atomic E-state index is -3.77. The average Bonchev–Trinajstić information content (AvgIpc) is 2.81. The van der Waals surface area contributed by atoms with Crippen LogP contribution < -0.4 is 19.5 Å². The molecule has 0 saturated heterocycles. The van der Waals surface area contributed by atoms with Crippen LogP contribution in [-0.4, -0.2) is 27.5 Å². The van der Waals surface area contributed by atoms with Crippen molar-refractivity contribution in [3.05, 3.63) is 82.9 Å². The molecule has 8 heteroatoms. The van der Waals surface area contributed by atoms with E-state index < -0.39 is 10.0 Å². The molecule has 0 aliphatic carbocycles. The van der Waals surface area contributed by atoms with Crippen molar-refractivity contribution in [3.8, 4) is 11.5 Å². The van der Waals surface area contributed by atoms with Gasteiger partial charge >= 0.3 is 0 Å². The van der Waals surface area contributed by atoms with E-state index in [2.05, 4.69) is 29.1 Å². The molecule has 0 spiro atoms. The number of anilines is 1. The van der Waals surface area contributed by atoms with Gasteiger partial charge in [0.15, 0.2) is 6.61 Å². The van der Waals surface area contributed by atoms with Crippen LogP contribution >= 0.6 is 0 Å². The number of carbonyl (C=O) groups excluding carboxylic acids is 1. The third kappa shape index (κ3) is 6.99. The van der Waals surface area contributed by atoms with Gasteiger partial charge in [0.1, 0.15) is 11.5 Å². The van der Waals surface area contributed by atoms with E-state index in [0.29, 0.717) is 23.8 Å². The molecule has 7 nitrogen and oxygen atoms in total. The van der Waals surface area contributed by atoms with Crippen LogP contribution in [0.1, 0.15) is 42.1 Å². The van der Waals surface area contributed by atoms with Crippen LogP contribution in [0.25, 0.3) is 0 Å². The third-order valence-electron chi connectivity index (χ3n) is 5.65. The summed E-state index contributed by atoms with van der Waals surface area (Å²) in [6.45, 7) is 10.3. The molecule has 3 aromatic rings. The Morgan fingerprint density at radius 1 is 0.857 bits per heavy atom. The van der Waals surface area contributed by atoms with Crippen LogP contribution in [-0.2, 0) is 14.8 Å². The summed E-state index contributed by atoms with van der Waals surface area (Å²) in [5, 5.41) is 2.95. The first-order chi connectivity index (χ1) is 16.6. The molecule has 3 rings (SSSR count). The van der Waals surface area contributed by atoms with E-state index in [-0.39, 0.29) is 23.5 Å². The maximum atomic E-state index is 12.7. The summed E-state index contributed by atoms with van der Waals surface area (Å²) in [6, 6.07) is 16.6. The van der Waals surface area contributed by atoms with Gasteiger partial charge in [-0.1, -0.05) is 12.1 Å². The van der Waals surface area contributed by atoms with Crippen LogP contribution in [0.3, 0.4) is 0 Å². The van der Waals surface area contributed by atoms with Crippen LogP contribution in [0, 0.1) is 20.8 Å². The first kappa shape index (κ1) is 26.1. The largest absolute Gasteiger partial charge is 0.494 e. The van der Waals surface area contributed by atoms with Crippen molar-refractivity contribution in [2.75, 3.05) is 17.9 Å². The number of benzene rings is 3. The number of nitrogens with one attached hydrogen (secondary N) is 2. The van der Waals surface area contributed by atoms with Gasteiger partial charge in [-0.3, -0.25) is 9.52 Å². The average molecular weight is 497 g/mol. The zero-order valence-electron chi connectivity index (χ0n) is 20.7. The van der Waals surface area contributed by atoms with E-state index in [1.165, 1.54) is 35.4 Å². The van der Waals surface area contributed by atoms with Gasteiger partial charge < -0.3 is 14.8 Å². The third-order valence-corrected chi connectivity index (χ3v) is 7.05. The highest BCUT2D eigenvalue weighted by atomic mass is 32.2. The quantitative estimate of drug-likeness (QED) is 0.409. The van der Waals surface area contributed by atoms with Crippen molar-refractivity contribution < 1.29 is 22.7 Å². The van der Waals surface area contributed by atoms with Crippen molar-refractivity contribution in [2.24, 2.45) is 0 Å². The zero-order chi connectivity index (χ0) is 25.6. The van der Waals surface area contributed by atoms with Crippen LogP contribution in [0.4, 0.5) is 5.69 Å². The van der Waals surface area contributed by atoms with Crippen LogP contribution in [0.15, 0.2) is 65.6 Å². The Bertz CT molecular complexity index is 1270. The van der Waals surface area contributed by atoms with Crippen molar-refractivity contribution in [1.82, 2.24) is 5.32 Å². The summed E-state index contributed by atoms with van der Waals surface area (Å²) in [4.78, 5) is 12.5. The second-order valence-corrected chi connectivity index (χ2v) is 10.1. The predicted octanol–water partition coefficient (Wildman–Crippen LogP) is 5.07. The van der Waals surface area contributed by atoms with Gasteiger partial charge in [-0.2, -0.15) is 0 Å².